The van der Waals surface area contributed by atoms with Gasteiger partial charge in [-0.3, -0.25) is 4.39 Å². The Labute approximate surface area is 68.6 Å². The summed E-state index contributed by atoms with van der Waals surface area (Å²) in [7, 11) is 3.88. The molecular formula is C8H19FN2. The van der Waals surface area contributed by atoms with Crippen molar-refractivity contribution in [2.75, 3.05) is 33.9 Å². The van der Waals surface area contributed by atoms with Crippen LogP contribution in [0.3, 0.4) is 0 Å². The lowest BCUT2D eigenvalue weighted by atomic mass is 9.86. The van der Waals surface area contributed by atoms with Crippen molar-refractivity contribution in [1.82, 2.24) is 4.90 Å². The highest BCUT2D eigenvalue weighted by atomic mass is 19.1. The van der Waals surface area contributed by atoms with Gasteiger partial charge in [0.2, 0.25) is 0 Å². The van der Waals surface area contributed by atoms with E-state index in [1.807, 2.05) is 25.9 Å². The minimum absolute atomic E-state index is 0.316. The minimum Gasteiger partial charge on any atom is -0.330 e. The first-order valence-electron chi connectivity index (χ1n) is 4.01. The monoisotopic (exact) mass is 162 g/mol. The molecule has 1 unspecified atom stereocenters. The van der Waals surface area contributed by atoms with Crippen molar-refractivity contribution in [3.63, 3.8) is 0 Å². The number of nitrogens with zero attached hydrogens (tertiary/aromatic N) is 1. The summed E-state index contributed by atoms with van der Waals surface area (Å²) < 4.78 is 12.6. The lowest BCUT2D eigenvalue weighted by Gasteiger charge is -2.30. The maximum atomic E-state index is 12.6. The highest BCUT2D eigenvalue weighted by Crippen LogP contribution is 2.21. The summed E-state index contributed by atoms with van der Waals surface area (Å²) >= 11 is 0. The van der Waals surface area contributed by atoms with E-state index in [0.29, 0.717) is 6.54 Å². The number of alkyl halides is 1. The molecule has 0 fully saturated rings. The molecule has 3 heteroatoms. The fourth-order valence-corrected chi connectivity index (χ4v) is 1.18. The number of hydrogen-bond donors (Lipinski definition) is 1. The summed E-state index contributed by atoms with van der Waals surface area (Å²) in [5, 5.41) is 0. The van der Waals surface area contributed by atoms with Crippen molar-refractivity contribution in [2.45, 2.75) is 13.3 Å². The SMILES string of the molecule is CCC(CN)(CF)CN(C)C. The Morgan fingerprint density at radius 3 is 2.09 bits per heavy atom. The van der Waals surface area contributed by atoms with E-state index in [2.05, 4.69) is 0 Å². The molecule has 0 aromatic carbocycles. The van der Waals surface area contributed by atoms with Crippen LogP contribution in [0.1, 0.15) is 13.3 Å². The Balaban J connectivity index is 4.05. The molecule has 0 saturated heterocycles. The van der Waals surface area contributed by atoms with E-state index in [1.54, 1.807) is 0 Å². The molecule has 0 aliphatic rings. The third-order valence-corrected chi connectivity index (χ3v) is 2.12. The minimum atomic E-state index is -0.321. The molecule has 2 nitrogen and oxygen atoms in total. The topological polar surface area (TPSA) is 29.3 Å². The van der Waals surface area contributed by atoms with Gasteiger partial charge in [0.15, 0.2) is 0 Å². The van der Waals surface area contributed by atoms with Gasteiger partial charge in [-0.1, -0.05) is 6.92 Å². The fourth-order valence-electron chi connectivity index (χ4n) is 1.18. The summed E-state index contributed by atoms with van der Waals surface area (Å²) in [6.07, 6.45) is 0.804. The van der Waals surface area contributed by atoms with Gasteiger partial charge in [-0.05, 0) is 20.5 Å². The lowest BCUT2D eigenvalue weighted by Crippen LogP contribution is -2.41. The molecule has 0 bridgehead atoms. The zero-order valence-corrected chi connectivity index (χ0v) is 7.73. The molecule has 68 valence electrons. The Kier molecular flexibility index (Phi) is 4.61. The molecule has 0 aromatic rings. The van der Waals surface area contributed by atoms with Crippen LogP contribution < -0.4 is 5.73 Å². The maximum absolute atomic E-state index is 12.6. The standard InChI is InChI=1S/C8H19FN2/c1-4-8(5-9,6-10)7-11(2)3/h4-7,10H2,1-3H3. The van der Waals surface area contributed by atoms with Crippen LogP contribution in [0.4, 0.5) is 4.39 Å². The Hall–Kier alpha value is -0.150. The summed E-state index contributed by atoms with van der Waals surface area (Å²) in [5.41, 5.74) is 5.19. The first-order valence-corrected chi connectivity index (χ1v) is 4.01. The summed E-state index contributed by atoms with van der Waals surface area (Å²) in [4.78, 5) is 1.98. The molecule has 0 aliphatic carbocycles. The van der Waals surface area contributed by atoms with Crippen molar-refractivity contribution in [3.8, 4) is 0 Å². The largest absolute Gasteiger partial charge is 0.330 e. The molecule has 0 spiro atoms. The Bertz CT molecular complexity index is 92.0. The van der Waals surface area contributed by atoms with Crippen LogP contribution in [-0.2, 0) is 0 Å². The highest BCUT2D eigenvalue weighted by Gasteiger charge is 2.26. The fraction of sp³-hybridized carbons (Fsp3) is 1.00. The van der Waals surface area contributed by atoms with E-state index < -0.39 is 0 Å². The Morgan fingerprint density at radius 2 is 2.00 bits per heavy atom. The highest BCUT2D eigenvalue weighted by molar-refractivity contribution is 4.80. The van der Waals surface area contributed by atoms with E-state index in [4.69, 9.17) is 5.73 Å². The third-order valence-electron chi connectivity index (χ3n) is 2.12. The number of halogens is 1. The molecule has 0 saturated carbocycles. The summed E-state index contributed by atoms with van der Waals surface area (Å²) in [6, 6.07) is 0. The van der Waals surface area contributed by atoms with Gasteiger partial charge in [-0.15, -0.1) is 0 Å². The third kappa shape index (κ3) is 3.16. The van der Waals surface area contributed by atoms with Gasteiger partial charge in [-0.25, -0.2) is 0 Å². The second-order valence-electron chi connectivity index (χ2n) is 3.43. The second kappa shape index (κ2) is 4.67. The van der Waals surface area contributed by atoms with Gasteiger partial charge in [0, 0.05) is 18.5 Å². The molecule has 11 heavy (non-hydrogen) atoms. The van der Waals surface area contributed by atoms with Gasteiger partial charge in [0.05, 0.1) is 6.67 Å². The number of rotatable bonds is 5. The smallest absolute Gasteiger partial charge is 0.0974 e. The van der Waals surface area contributed by atoms with Crippen LogP contribution in [0.15, 0.2) is 0 Å². The van der Waals surface area contributed by atoms with Crippen LogP contribution in [0.2, 0.25) is 0 Å². The normalized spacial score (nSPS) is 16.9. The molecule has 0 aliphatic heterocycles. The zero-order chi connectivity index (χ0) is 8.91. The van der Waals surface area contributed by atoms with Crippen LogP contribution >= 0.6 is 0 Å². The number of hydrogen-bond acceptors (Lipinski definition) is 2. The molecule has 1 atom stereocenters. The van der Waals surface area contributed by atoms with Gasteiger partial charge in [0.1, 0.15) is 0 Å². The van der Waals surface area contributed by atoms with E-state index >= 15 is 0 Å². The maximum Gasteiger partial charge on any atom is 0.0974 e. The molecule has 0 radical (unpaired) electrons. The van der Waals surface area contributed by atoms with E-state index in [9.17, 15) is 4.39 Å². The molecule has 0 aromatic heterocycles. The van der Waals surface area contributed by atoms with Crippen molar-refractivity contribution in [2.24, 2.45) is 11.1 Å². The van der Waals surface area contributed by atoms with Crippen LogP contribution in [0.25, 0.3) is 0 Å². The second-order valence-corrected chi connectivity index (χ2v) is 3.43. The van der Waals surface area contributed by atoms with Crippen molar-refractivity contribution < 1.29 is 4.39 Å². The van der Waals surface area contributed by atoms with Crippen molar-refractivity contribution in [3.05, 3.63) is 0 Å². The van der Waals surface area contributed by atoms with Crippen molar-refractivity contribution in [1.29, 1.82) is 0 Å². The Morgan fingerprint density at radius 1 is 1.45 bits per heavy atom. The van der Waals surface area contributed by atoms with E-state index in [0.717, 1.165) is 13.0 Å². The zero-order valence-electron chi connectivity index (χ0n) is 7.73. The van der Waals surface area contributed by atoms with Gasteiger partial charge < -0.3 is 10.6 Å². The first-order chi connectivity index (χ1) is 5.10. The molecule has 2 N–H and O–H groups in total. The summed E-state index contributed by atoms with van der Waals surface area (Å²) in [5.74, 6) is 0. The average molecular weight is 162 g/mol. The lowest BCUT2D eigenvalue weighted by molar-refractivity contribution is 0.149. The van der Waals surface area contributed by atoms with Crippen LogP contribution in [-0.4, -0.2) is 38.8 Å². The quantitative estimate of drug-likeness (QED) is 0.650. The van der Waals surface area contributed by atoms with Crippen molar-refractivity contribution >= 4 is 0 Å². The van der Waals surface area contributed by atoms with E-state index in [-0.39, 0.29) is 12.1 Å². The summed E-state index contributed by atoms with van der Waals surface area (Å²) in [6.45, 7) is 2.82. The average Bonchev–Trinajstić information content (AvgIpc) is 2.00. The molecular weight excluding hydrogens is 143 g/mol. The van der Waals surface area contributed by atoms with E-state index in [1.165, 1.54) is 0 Å². The molecule has 0 amide bonds. The predicted octanol–water partition coefficient (Wildman–Crippen LogP) is 0.873. The van der Waals surface area contributed by atoms with Gasteiger partial charge in [-0.2, -0.15) is 0 Å². The van der Waals surface area contributed by atoms with Gasteiger partial charge >= 0.3 is 0 Å². The van der Waals surface area contributed by atoms with Crippen LogP contribution in [0, 0.1) is 5.41 Å². The van der Waals surface area contributed by atoms with Gasteiger partial charge in [0.25, 0.3) is 0 Å². The molecule has 0 heterocycles. The van der Waals surface area contributed by atoms with Crippen LogP contribution in [0.5, 0.6) is 0 Å². The predicted molar refractivity (Wildman–Crippen MR) is 46.3 cm³/mol. The molecule has 0 rings (SSSR count). The number of nitrogens with two attached hydrogens (primary N) is 1. The first kappa shape index (κ1) is 10.8.